The zero-order valence-corrected chi connectivity index (χ0v) is 9.31. The Morgan fingerprint density at radius 3 is 3.00 bits per heavy atom. The zero-order chi connectivity index (χ0) is 11.5. The SMILES string of the molecule is CCc1nn(C)cc1Nc1ccnc(N)n1. The molecule has 0 fully saturated rings. The van der Waals surface area contributed by atoms with Crippen molar-refractivity contribution in [2.75, 3.05) is 11.1 Å². The maximum Gasteiger partial charge on any atom is 0.221 e. The predicted octanol–water partition coefficient (Wildman–Crippen LogP) is 1.10. The fraction of sp³-hybridized carbons (Fsp3) is 0.300. The Labute approximate surface area is 93.5 Å². The third-order valence-corrected chi connectivity index (χ3v) is 2.18. The smallest absolute Gasteiger partial charge is 0.221 e. The van der Waals surface area contributed by atoms with Crippen LogP contribution in [0.1, 0.15) is 12.6 Å². The third-order valence-electron chi connectivity index (χ3n) is 2.18. The molecule has 0 radical (unpaired) electrons. The highest BCUT2D eigenvalue weighted by molar-refractivity contribution is 5.58. The van der Waals surface area contributed by atoms with Crippen LogP contribution in [-0.4, -0.2) is 19.7 Å². The normalized spacial score (nSPS) is 10.4. The van der Waals surface area contributed by atoms with E-state index in [9.17, 15) is 0 Å². The van der Waals surface area contributed by atoms with E-state index in [2.05, 4.69) is 27.3 Å². The number of nitrogens with two attached hydrogens (primary N) is 1. The molecular weight excluding hydrogens is 204 g/mol. The second-order valence-electron chi connectivity index (χ2n) is 3.44. The summed E-state index contributed by atoms with van der Waals surface area (Å²) in [6.45, 7) is 2.06. The van der Waals surface area contributed by atoms with Gasteiger partial charge in [0.1, 0.15) is 5.82 Å². The van der Waals surface area contributed by atoms with Crippen LogP contribution in [-0.2, 0) is 13.5 Å². The maximum absolute atomic E-state index is 5.50. The molecule has 0 unspecified atom stereocenters. The lowest BCUT2D eigenvalue weighted by atomic mass is 10.3. The first-order chi connectivity index (χ1) is 7.69. The first kappa shape index (κ1) is 10.4. The van der Waals surface area contributed by atoms with E-state index >= 15 is 0 Å². The highest BCUT2D eigenvalue weighted by Gasteiger charge is 2.06. The van der Waals surface area contributed by atoms with Gasteiger partial charge in [0.2, 0.25) is 5.95 Å². The summed E-state index contributed by atoms with van der Waals surface area (Å²) in [7, 11) is 1.89. The van der Waals surface area contributed by atoms with Crippen LogP contribution in [0.25, 0.3) is 0 Å². The van der Waals surface area contributed by atoms with Gasteiger partial charge in [-0.05, 0) is 12.5 Å². The van der Waals surface area contributed by atoms with Gasteiger partial charge in [0.15, 0.2) is 0 Å². The van der Waals surface area contributed by atoms with Crippen molar-refractivity contribution in [1.29, 1.82) is 0 Å². The molecule has 6 heteroatoms. The van der Waals surface area contributed by atoms with Crippen LogP contribution in [0.3, 0.4) is 0 Å². The molecule has 16 heavy (non-hydrogen) atoms. The van der Waals surface area contributed by atoms with Crippen LogP contribution in [0.4, 0.5) is 17.5 Å². The molecule has 0 spiro atoms. The van der Waals surface area contributed by atoms with Crippen molar-refractivity contribution in [3.8, 4) is 0 Å². The van der Waals surface area contributed by atoms with E-state index in [-0.39, 0.29) is 5.95 Å². The van der Waals surface area contributed by atoms with Crippen LogP contribution < -0.4 is 11.1 Å². The molecule has 0 aliphatic rings. The van der Waals surface area contributed by atoms with Gasteiger partial charge < -0.3 is 11.1 Å². The molecule has 0 bridgehead atoms. The molecule has 2 aromatic heterocycles. The van der Waals surface area contributed by atoms with Crippen LogP contribution in [0.5, 0.6) is 0 Å². The number of nitrogens with one attached hydrogen (secondary N) is 1. The highest BCUT2D eigenvalue weighted by atomic mass is 15.3. The predicted molar refractivity (Wildman–Crippen MR) is 62.3 cm³/mol. The summed E-state index contributed by atoms with van der Waals surface area (Å²) in [6.07, 6.45) is 4.40. The van der Waals surface area contributed by atoms with Crippen molar-refractivity contribution in [2.24, 2.45) is 7.05 Å². The number of hydrogen-bond acceptors (Lipinski definition) is 5. The average Bonchev–Trinajstić information content (AvgIpc) is 2.59. The molecule has 3 N–H and O–H groups in total. The van der Waals surface area contributed by atoms with Crippen molar-refractivity contribution in [3.05, 3.63) is 24.2 Å². The van der Waals surface area contributed by atoms with Gasteiger partial charge in [0.25, 0.3) is 0 Å². The van der Waals surface area contributed by atoms with Crippen molar-refractivity contribution < 1.29 is 0 Å². The van der Waals surface area contributed by atoms with E-state index in [0.717, 1.165) is 17.8 Å². The lowest BCUT2D eigenvalue weighted by molar-refractivity contribution is 0.746. The number of aromatic nitrogens is 4. The molecule has 0 amide bonds. The summed E-state index contributed by atoms with van der Waals surface area (Å²) in [5.41, 5.74) is 7.45. The quantitative estimate of drug-likeness (QED) is 0.806. The Morgan fingerprint density at radius 2 is 2.31 bits per heavy atom. The van der Waals surface area contributed by atoms with Gasteiger partial charge in [-0.2, -0.15) is 10.1 Å². The van der Waals surface area contributed by atoms with Gasteiger partial charge in [-0.3, -0.25) is 4.68 Å². The molecule has 2 heterocycles. The standard InChI is InChI=1S/C10H14N6/c1-3-7-8(6-16(2)15-7)13-9-4-5-12-10(11)14-9/h4-6H,3H2,1-2H3,(H3,11,12,13,14). The Bertz CT molecular complexity index is 490. The van der Waals surface area contributed by atoms with Gasteiger partial charge in [0, 0.05) is 19.4 Å². The number of nitrogens with zero attached hydrogens (tertiary/aromatic N) is 4. The molecule has 6 nitrogen and oxygen atoms in total. The Kier molecular flexibility index (Phi) is 2.72. The molecule has 0 saturated carbocycles. The molecule has 0 aliphatic carbocycles. The fourth-order valence-corrected chi connectivity index (χ4v) is 1.48. The summed E-state index contributed by atoms with van der Waals surface area (Å²) in [6, 6.07) is 1.77. The number of anilines is 3. The molecule has 0 aliphatic heterocycles. The van der Waals surface area contributed by atoms with Crippen molar-refractivity contribution in [3.63, 3.8) is 0 Å². The average molecular weight is 218 g/mol. The number of aryl methyl sites for hydroxylation is 2. The lowest BCUT2D eigenvalue weighted by Gasteiger charge is -2.04. The van der Waals surface area contributed by atoms with E-state index in [1.54, 1.807) is 16.9 Å². The summed E-state index contributed by atoms with van der Waals surface area (Å²) in [4.78, 5) is 7.91. The van der Waals surface area contributed by atoms with Crippen LogP contribution in [0.15, 0.2) is 18.5 Å². The first-order valence-electron chi connectivity index (χ1n) is 5.07. The summed E-state index contributed by atoms with van der Waals surface area (Å²) in [5, 5.41) is 7.50. The largest absolute Gasteiger partial charge is 0.368 e. The summed E-state index contributed by atoms with van der Waals surface area (Å²) >= 11 is 0. The minimum absolute atomic E-state index is 0.256. The van der Waals surface area contributed by atoms with Crippen LogP contribution >= 0.6 is 0 Å². The van der Waals surface area contributed by atoms with E-state index in [1.165, 1.54) is 0 Å². The lowest BCUT2D eigenvalue weighted by Crippen LogP contribution is -1.99. The van der Waals surface area contributed by atoms with Gasteiger partial charge >= 0.3 is 0 Å². The first-order valence-corrected chi connectivity index (χ1v) is 5.07. The molecule has 2 rings (SSSR count). The Balaban J connectivity index is 2.26. The monoisotopic (exact) mass is 218 g/mol. The number of nitrogen functional groups attached to an aromatic ring is 1. The Morgan fingerprint density at radius 1 is 1.50 bits per heavy atom. The maximum atomic E-state index is 5.50. The fourth-order valence-electron chi connectivity index (χ4n) is 1.48. The van der Waals surface area contributed by atoms with Crippen LogP contribution in [0.2, 0.25) is 0 Å². The molecule has 0 atom stereocenters. The summed E-state index contributed by atoms with van der Waals surface area (Å²) in [5.74, 6) is 0.933. The number of hydrogen-bond donors (Lipinski definition) is 2. The molecular formula is C10H14N6. The van der Waals surface area contributed by atoms with Gasteiger partial charge in [-0.15, -0.1) is 0 Å². The second kappa shape index (κ2) is 4.18. The van der Waals surface area contributed by atoms with Crippen molar-refractivity contribution in [1.82, 2.24) is 19.7 Å². The van der Waals surface area contributed by atoms with Crippen molar-refractivity contribution in [2.45, 2.75) is 13.3 Å². The molecule has 2 aromatic rings. The highest BCUT2D eigenvalue weighted by Crippen LogP contribution is 2.18. The molecule has 0 aromatic carbocycles. The van der Waals surface area contributed by atoms with Gasteiger partial charge in [-0.1, -0.05) is 6.92 Å². The van der Waals surface area contributed by atoms with Crippen molar-refractivity contribution >= 4 is 17.5 Å². The third kappa shape index (κ3) is 2.10. The molecule has 0 saturated heterocycles. The van der Waals surface area contributed by atoms with E-state index in [4.69, 9.17) is 5.73 Å². The zero-order valence-electron chi connectivity index (χ0n) is 9.31. The van der Waals surface area contributed by atoms with Gasteiger partial charge in [-0.25, -0.2) is 4.98 Å². The van der Waals surface area contributed by atoms with E-state index < -0.39 is 0 Å². The Hall–Kier alpha value is -2.11. The van der Waals surface area contributed by atoms with Crippen LogP contribution in [0, 0.1) is 0 Å². The minimum atomic E-state index is 0.256. The minimum Gasteiger partial charge on any atom is -0.368 e. The number of rotatable bonds is 3. The second-order valence-corrected chi connectivity index (χ2v) is 3.44. The summed E-state index contributed by atoms with van der Waals surface area (Å²) < 4.78 is 1.77. The van der Waals surface area contributed by atoms with E-state index in [1.807, 2.05) is 13.2 Å². The topological polar surface area (TPSA) is 81.7 Å². The van der Waals surface area contributed by atoms with Gasteiger partial charge in [0.05, 0.1) is 11.4 Å². The van der Waals surface area contributed by atoms with E-state index in [0.29, 0.717) is 5.82 Å². The molecule has 84 valence electrons.